The van der Waals surface area contributed by atoms with Gasteiger partial charge in [-0.3, -0.25) is 14.5 Å². The van der Waals surface area contributed by atoms with Crippen LogP contribution >= 0.6 is 0 Å². The average Bonchev–Trinajstić information content (AvgIpc) is 3.30. The number of para-hydroxylation sites is 2. The summed E-state index contributed by atoms with van der Waals surface area (Å²) in [5, 5.41) is 7.38. The van der Waals surface area contributed by atoms with Crippen molar-refractivity contribution in [2.45, 2.75) is 13.8 Å². The van der Waals surface area contributed by atoms with Crippen LogP contribution in [0.5, 0.6) is 0 Å². The fraction of sp³-hybridized carbons (Fsp3) is 0.269. The third-order valence-corrected chi connectivity index (χ3v) is 5.84. The summed E-state index contributed by atoms with van der Waals surface area (Å²) >= 11 is 0. The Hall–Kier alpha value is -3.71. The zero-order valence-electron chi connectivity index (χ0n) is 19.1. The van der Waals surface area contributed by atoms with Crippen LogP contribution in [-0.4, -0.2) is 64.1 Å². The third kappa shape index (κ3) is 5.75. The number of carbonyl (C=O) groups is 2. The van der Waals surface area contributed by atoms with Gasteiger partial charge in [0.15, 0.2) is 0 Å². The first-order valence-corrected chi connectivity index (χ1v) is 11.1. The summed E-state index contributed by atoms with van der Waals surface area (Å²) in [6, 6.07) is 15.8. The van der Waals surface area contributed by atoms with E-state index in [9.17, 15) is 9.59 Å². The van der Waals surface area contributed by atoms with Crippen molar-refractivity contribution >= 4 is 23.6 Å². The smallest absolute Gasteiger partial charge is 0.246 e. The number of aromatic nitrogens is 2. The van der Waals surface area contributed by atoms with Gasteiger partial charge >= 0.3 is 0 Å². The van der Waals surface area contributed by atoms with Crippen LogP contribution < -0.4 is 5.32 Å². The van der Waals surface area contributed by atoms with Crippen LogP contribution in [0.3, 0.4) is 0 Å². The summed E-state index contributed by atoms with van der Waals surface area (Å²) in [6.45, 7) is 6.86. The molecule has 170 valence electrons. The zero-order valence-corrected chi connectivity index (χ0v) is 19.1. The number of rotatable bonds is 6. The van der Waals surface area contributed by atoms with Gasteiger partial charge in [-0.15, -0.1) is 0 Å². The van der Waals surface area contributed by atoms with Crippen molar-refractivity contribution in [2.75, 3.05) is 38.0 Å². The van der Waals surface area contributed by atoms with E-state index in [1.165, 1.54) is 0 Å². The number of nitrogens with one attached hydrogen (secondary N) is 1. The molecule has 1 fully saturated rings. The fourth-order valence-corrected chi connectivity index (χ4v) is 3.94. The van der Waals surface area contributed by atoms with Crippen LogP contribution in [0.4, 0.5) is 5.69 Å². The molecule has 0 atom stereocenters. The maximum Gasteiger partial charge on any atom is 0.246 e. The Labute approximate surface area is 194 Å². The zero-order chi connectivity index (χ0) is 23.2. The average molecular weight is 444 g/mol. The second-order valence-electron chi connectivity index (χ2n) is 8.30. The van der Waals surface area contributed by atoms with E-state index in [0.717, 1.165) is 28.1 Å². The summed E-state index contributed by atoms with van der Waals surface area (Å²) < 4.78 is 1.78. The Morgan fingerprint density at radius 3 is 2.36 bits per heavy atom. The maximum absolute atomic E-state index is 12.6. The highest BCUT2D eigenvalue weighted by Gasteiger charge is 2.21. The molecule has 0 spiro atoms. The highest BCUT2D eigenvalue weighted by atomic mass is 16.2. The molecule has 1 N–H and O–H groups in total. The van der Waals surface area contributed by atoms with Crippen molar-refractivity contribution < 1.29 is 9.59 Å². The van der Waals surface area contributed by atoms with E-state index in [0.29, 0.717) is 32.7 Å². The molecule has 0 radical (unpaired) electrons. The van der Waals surface area contributed by atoms with Gasteiger partial charge in [-0.05, 0) is 43.2 Å². The van der Waals surface area contributed by atoms with Crippen LogP contribution in [-0.2, 0) is 9.59 Å². The lowest BCUT2D eigenvalue weighted by Gasteiger charge is -2.33. The largest absolute Gasteiger partial charge is 0.337 e. The van der Waals surface area contributed by atoms with E-state index in [4.69, 9.17) is 0 Å². The predicted molar refractivity (Wildman–Crippen MR) is 130 cm³/mol. The van der Waals surface area contributed by atoms with Crippen LogP contribution in [0.25, 0.3) is 11.8 Å². The fourth-order valence-electron chi connectivity index (χ4n) is 3.94. The number of benzene rings is 2. The van der Waals surface area contributed by atoms with Gasteiger partial charge in [-0.1, -0.05) is 36.4 Å². The molecule has 7 heteroatoms. The van der Waals surface area contributed by atoms with Crippen molar-refractivity contribution in [3.63, 3.8) is 0 Å². The van der Waals surface area contributed by atoms with Gasteiger partial charge in [0.25, 0.3) is 0 Å². The molecule has 4 rings (SSSR count). The van der Waals surface area contributed by atoms with Crippen LogP contribution in [0, 0.1) is 13.8 Å². The first-order chi connectivity index (χ1) is 16.0. The molecule has 2 amide bonds. The second-order valence-corrected chi connectivity index (χ2v) is 8.30. The van der Waals surface area contributed by atoms with Crippen molar-refractivity contribution in [1.82, 2.24) is 19.6 Å². The number of nitrogens with zero attached hydrogens (tertiary/aromatic N) is 4. The molecular formula is C26H29N5O2. The number of aryl methyl sites for hydroxylation is 2. The lowest BCUT2D eigenvalue weighted by atomic mass is 10.1. The van der Waals surface area contributed by atoms with Crippen molar-refractivity contribution in [3.8, 4) is 5.69 Å². The number of amides is 2. The molecule has 0 aliphatic carbocycles. The van der Waals surface area contributed by atoms with Crippen LogP contribution in [0.15, 0.2) is 67.0 Å². The molecule has 33 heavy (non-hydrogen) atoms. The molecule has 0 bridgehead atoms. The van der Waals surface area contributed by atoms with E-state index >= 15 is 0 Å². The third-order valence-electron chi connectivity index (χ3n) is 5.84. The Kier molecular flexibility index (Phi) is 7.00. The van der Waals surface area contributed by atoms with Gasteiger partial charge in [0.2, 0.25) is 11.8 Å². The summed E-state index contributed by atoms with van der Waals surface area (Å²) in [5.41, 5.74) is 4.84. The topological polar surface area (TPSA) is 70.5 Å². The standard InChI is InChI=1S/C26H29N5O2/c1-20-7-6-8-21(2)26(20)28-24(32)19-29-13-15-30(16-14-29)25(33)12-11-22-17-27-31(18-22)23-9-4-3-5-10-23/h3-12,17-18H,13-16,19H2,1-2H3,(H,28,32)/b12-11+. The minimum absolute atomic E-state index is 0.0255. The highest BCUT2D eigenvalue weighted by Crippen LogP contribution is 2.19. The maximum atomic E-state index is 12.6. The van der Waals surface area contributed by atoms with Crippen LogP contribution in [0.1, 0.15) is 16.7 Å². The van der Waals surface area contributed by atoms with Gasteiger partial charge in [0.1, 0.15) is 0 Å². The number of carbonyl (C=O) groups excluding carboxylic acids is 2. The quantitative estimate of drug-likeness (QED) is 0.594. The van der Waals surface area contributed by atoms with E-state index < -0.39 is 0 Å². The Bertz CT molecular complexity index is 1120. The molecular weight excluding hydrogens is 414 g/mol. The molecule has 0 unspecified atom stereocenters. The molecule has 2 aromatic carbocycles. The first kappa shape index (κ1) is 22.5. The first-order valence-electron chi connectivity index (χ1n) is 11.1. The van der Waals surface area contributed by atoms with E-state index in [1.54, 1.807) is 23.0 Å². The van der Waals surface area contributed by atoms with E-state index in [-0.39, 0.29) is 11.8 Å². The van der Waals surface area contributed by atoms with Crippen LogP contribution in [0.2, 0.25) is 0 Å². The van der Waals surface area contributed by atoms with Gasteiger partial charge in [0, 0.05) is 49.7 Å². The molecule has 1 saturated heterocycles. The van der Waals surface area contributed by atoms with Gasteiger partial charge in [-0.25, -0.2) is 4.68 Å². The van der Waals surface area contributed by atoms with Crippen molar-refractivity contribution in [3.05, 3.63) is 83.7 Å². The summed E-state index contributed by atoms with van der Waals surface area (Å²) in [7, 11) is 0. The number of piperazine rings is 1. The molecule has 0 saturated carbocycles. The normalized spacial score (nSPS) is 14.5. The summed E-state index contributed by atoms with van der Waals surface area (Å²) in [6.07, 6.45) is 7.02. The van der Waals surface area contributed by atoms with Crippen molar-refractivity contribution in [1.29, 1.82) is 0 Å². The Morgan fingerprint density at radius 1 is 0.970 bits per heavy atom. The van der Waals surface area contributed by atoms with E-state index in [1.807, 2.05) is 73.5 Å². The summed E-state index contributed by atoms with van der Waals surface area (Å²) in [5.74, 6) is -0.0513. The highest BCUT2D eigenvalue weighted by molar-refractivity contribution is 5.94. The van der Waals surface area contributed by atoms with E-state index in [2.05, 4.69) is 15.3 Å². The lowest BCUT2D eigenvalue weighted by Crippen LogP contribution is -2.50. The van der Waals surface area contributed by atoms with Gasteiger partial charge in [-0.2, -0.15) is 5.10 Å². The molecule has 1 aromatic heterocycles. The number of anilines is 1. The second kappa shape index (κ2) is 10.3. The minimum atomic E-state index is -0.0258. The lowest BCUT2D eigenvalue weighted by molar-refractivity contribution is -0.127. The summed E-state index contributed by atoms with van der Waals surface area (Å²) in [4.78, 5) is 29.0. The number of hydrogen-bond acceptors (Lipinski definition) is 4. The Balaban J connectivity index is 1.25. The number of hydrogen-bond donors (Lipinski definition) is 1. The predicted octanol–water partition coefficient (Wildman–Crippen LogP) is 3.29. The minimum Gasteiger partial charge on any atom is -0.337 e. The van der Waals surface area contributed by atoms with Gasteiger partial charge < -0.3 is 10.2 Å². The molecule has 3 aromatic rings. The molecule has 1 aliphatic rings. The molecule has 2 heterocycles. The van der Waals surface area contributed by atoms with Crippen molar-refractivity contribution in [2.24, 2.45) is 0 Å². The molecule has 1 aliphatic heterocycles. The molecule has 7 nitrogen and oxygen atoms in total. The van der Waals surface area contributed by atoms with Gasteiger partial charge in [0.05, 0.1) is 18.4 Å². The monoisotopic (exact) mass is 443 g/mol. The Morgan fingerprint density at radius 2 is 1.67 bits per heavy atom. The SMILES string of the molecule is Cc1cccc(C)c1NC(=O)CN1CCN(C(=O)/C=C/c2cnn(-c3ccccc3)c2)CC1.